The molecule has 0 aliphatic heterocycles. The van der Waals surface area contributed by atoms with E-state index in [4.69, 9.17) is 44.3 Å². The highest BCUT2D eigenvalue weighted by Crippen LogP contribution is 2.25. The molecule has 2 N–H and O–H groups in total. The SMILES string of the molecule is COC(=O)[C@H](CCCCNC(=O)OC(C)(C)C)NC(=O)OCC(Cl)(Cl)Cl. The summed E-state index contributed by atoms with van der Waals surface area (Å²) in [6, 6.07) is -0.913. The Morgan fingerprint density at radius 1 is 1.04 bits per heavy atom. The maximum absolute atomic E-state index is 11.7. The van der Waals surface area contributed by atoms with Gasteiger partial charge < -0.3 is 24.8 Å². The van der Waals surface area contributed by atoms with Crippen LogP contribution < -0.4 is 10.6 Å². The van der Waals surface area contributed by atoms with Gasteiger partial charge in [0.2, 0.25) is 3.79 Å². The first-order valence-electron chi connectivity index (χ1n) is 7.89. The number of carbonyl (C=O) groups excluding carboxylic acids is 3. The van der Waals surface area contributed by atoms with Crippen LogP contribution in [0.3, 0.4) is 0 Å². The van der Waals surface area contributed by atoms with Gasteiger partial charge in [0, 0.05) is 6.54 Å². The van der Waals surface area contributed by atoms with E-state index in [1.165, 1.54) is 7.11 Å². The smallest absolute Gasteiger partial charge is 0.407 e. The number of halogens is 3. The zero-order valence-corrected chi connectivity index (χ0v) is 17.5. The molecule has 1 atom stereocenters. The summed E-state index contributed by atoms with van der Waals surface area (Å²) in [6.45, 7) is 5.20. The van der Waals surface area contributed by atoms with Gasteiger partial charge in [-0.1, -0.05) is 34.8 Å². The van der Waals surface area contributed by atoms with Crippen LogP contribution in [0.2, 0.25) is 0 Å². The lowest BCUT2D eigenvalue weighted by Gasteiger charge is -2.20. The van der Waals surface area contributed by atoms with Crippen molar-refractivity contribution in [1.82, 2.24) is 10.6 Å². The van der Waals surface area contributed by atoms with Crippen LogP contribution in [0.1, 0.15) is 40.0 Å². The lowest BCUT2D eigenvalue weighted by Crippen LogP contribution is -2.42. The number of carbonyl (C=O) groups is 3. The van der Waals surface area contributed by atoms with Crippen molar-refractivity contribution in [1.29, 1.82) is 0 Å². The van der Waals surface area contributed by atoms with Crippen molar-refractivity contribution < 1.29 is 28.6 Å². The fourth-order valence-corrected chi connectivity index (χ4v) is 1.86. The molecular weight excluding hydrogens is 411 g/mol. The molecule has 2 amide bonds. The van der Waals surface area contributed by atoms with Crippen molar-refractivity contribution in [2.24, 2.45) is 0 Å². The van der Waals surface area contributed by atoms with Crippen molar-refractivity contribution in [3.8, 4) is 0 Å². The van der Waals surface area contributed by atoms with Crippen molar-refractivity contribution in [3.63, 3.8) is 0 Å². The molecule has 0 rings (SSSR count). The molecule has 0 aliphatic rings. The average Bonchev–Trinajstić information content (AvgIpc) is 2.48. The molecule has 8 nitrogen and oxygen atoms in total. The van der Waals surface area contributed by atoms with Gasteiger partial charge in [0.1, 0.15) is 18.2 Å². The zero-order valence-electron chi connectivity index (χ0n) is 15.2. The number of esters is 1. The van der Waals surface area contributed by atoms with Crippen LogP contribution >= 0.6 is 34.8 Å². The Morgan fingerprint density at radius 3 is 2.15 bits per heavy atom. The van der Waals surface area contributed by atoms with Crippen molar-refractivity contribution in [2.45, 2.75) is 55.5 Å². The molecule has 0 heterocycles. The predicted octanol–water partition coefficient (Wildman–Crippen LogP) is 3.32. The molecule has 0 bridgehead atoms. The number of hydrogen-bond acceptors (Lipinski definition) is 6. The Morgan fingerprint density at radius 2 is 1.65 bits per heavy atom. The van der Waals surface area contributed by atoms with Gasteiger partial charge in [0.15, 0.2) is 0 Å². The maximum atomic E-state index is 11.7. The molecular formula is C15H25Cl3N2O6. The quantitative estimate of drug-likeness (QED) is 0.262. The van der Waals surface area contributed by atoms with Crippen LogP contribution in [0.4, 0.5) is 9.59 Å². The van der Waals surface area contributed by atoms with Crippen molar-refractivity contribution >= 4 is 53.0 Å². The van der Waals surface area contributed by atoms with E-state index in [1.54, 1.807) is 20.8 Å². The number of ether oxygens (including phenoxy) is 3. The lowest BCUT2D eigenvalue weighted by molar-refractivity contribution is -0.143. The Labute approximate surface area is 168 Å². The molecule has 26 heavy (non-hydrogen) atoms. The largest absolute Gasteiger partial charge is 0.467 e. The number of nitrogens with one attached hydrogen (secondary N) is 2. The van der Waals surface area contributed by atoms with E-state index >= 15 is 0 Å². The molecule has 0 saturated carbocycles. The van der Waals surface area contributed by atoms with Crippen LogP contribution in [0.25, 0.3) is 0 Å². The average molecular weight is 436 g/mol. The summed E-state index contributed by atoms with van der Waals surface area (Å²) in [7, 11) is 1.20. The molecule has 0 aliphatic carbocycles. The molecule has 0 aromatic heterocycles. The van der Waals surface area contributed by atoms with E-state index in [0.29, 0.717) is 19.4 Å². The maximum Gasteiger partial charge on any atom is 0.407 e. The first-order chi connectivity index (χ1) is 11.8. The van der Waals surface area contributed by atoms with Gasteiger partial charge in [-0.15, -0.1) is 0 Å². The molecule has 0 aromatic rings. The summed E-state index contributed by atoms with van der Waals surface area (Å²) in [5.41, 5.74) is -0.572. The van der Waals surface area contributed by atoms with Crippen LogP contribution in [-0.4, -0.2) is 53.9 Å². The third-order valence-electron chi connectivity index (χ3n) is 2.73. The second-order valence-electron chi connectivity index (χ2n) is 6.34. The number of rotatable bonds is 8. The zero-order chi connectivity index (χ0) is 20.4. The number of methoxy groups -OCH3 is 1. The van der Waals surface area contributed by atoms with Gasteiger partial charge in [-0.25, -0.2) is 14.4 Å². The van der Waals surface area contributed by atoms with Crippen molar-refractivity contribution in [2.75, 3.05) is 20.3 Å². The lowest BCUT2D eigenvalue weighted by atomic mass is 10.1. The predicted molar refractivity (Wildman–Crippen MR) is 98.7 cm³/mol. The molecule has 0 radical (unpaired) electrons. The third-order valence-corrected chi connectivity index (χ3v) is 3.06. The highest BCUT2D eigenvalue weighted by molar-refractivity contribution is 6.67. The summed E-state index contributed by atoms with van der Waals surface area (Å²) in [5, 5.41) is 4.95. The number of hydrogen-bond donors (Lipinski definition) is 2. The highest BCUT2D eigenvalue weighted by Gasteiger charge is 2.25. The Kier molecular flexibility index (Phi) is 11.1. The van der Waals surface area contributed by atoms with E-state index in [1.807, 2.05) is 0 Å². The Bertz CT molecular complexity index is 477. The second kappa shape index (κ2) is 11.6. The third kappa shape index (κ3) is 14.1. The van der Waals surface area contributed by atoms with E-state index in [0.717, 1.165) is 0 Å². The minimum atomic E-state index is -1.74. The normalized spacial score (nSPS) is 12.7. The molecule has 152 valence electrons. The van der Waals surface area contributed by atoms with E-state index in [9.17, 15) is 14.4 Å². The first kappa shape index (κ1) is 24.9. The van der Waals surface area contributed by atoms with E-state index < -0.39 is 40.2 Å². The van der Waals surface area contributed by atoms with Gasteiger partial charge in [-0.05, 0) is 40.0 Å². The standard InChI is InChI=1S/C15H25Cl3N2O6/c1-14(2,3)26-12(22)19-8-6-5-7-10(11(21)24-4)20-13(23)25-9-15(16,17)18/h10H,5-9H2,1-4H3,(H,19,22)(H,20,23)/t10-/m0/s1. The van der Waals surface area contributed by atoms with Gasteiger partial charge in [-0.2, -0.15) is 0 Å². The summed E-state index contributed by atoms with van der Waals surface area (Å²) >= 11 is 16.4. The molecule has 0 fully saturated rings. The summed E-state index contributed by atoms with van der Waals surface area (Å²) in [5.74, 6) is -0.629. The Hall–Kier alpha value is -1.12. The summed E-state index contributed by atoms with van der Waals surface area (Å²) in [6.07, 6.45) is -0.0438. The minimum absolute atomic E-state index is 0.283. The van der Waals surface area contributed by atoms with Crippen LogP contribution in [-0.2, 0) is 19.0 Å². The van der Waals surface area contributed by atoms with Gasteiger partial charge >= 0.3 is 18.2 Å². The Balaban J connectivity index is 4.21. The number of alkyl carbamates (subject to hydrolysis) is 2. The molecule has 0 saturated heterocycles. The van der Waals surface area contributed by atoms with Crippen LogP contribution in [0.5, 0.6) is 0 Å². The number of unbranched alkanes of at least 4 members (excludes halogenated alkanes) is 1. The minimum Gasteiger partial charge on any atom is -0.467 e. The first-order valence-corrected chi connectivity index (χ1v) is 9.02. The molecule has 0 unspecified atom stereocenters. The monoisotopic (exact) mass is 434 g/mol. The summed E-state index contributed by atoms with van der Waals surface area (Å²) in [4.78, 5) is 34.9. The molecule has 0 spiro atoms. The van der Waals surface area contributed by atoms with Crippen molar-refractivity contribution in [3.05, 3.63) is 0 Å². The van der Waals surface area contributed by atoms with Gasteiger partial charge in [0.05, 0.1) is 7.11 Å². The molecule has 11 heteroatoms. The van der Waals surface area contributed by atoms with Gasteiger partial charge in [0.25, 0.3) is 0 Å². The fourth-order valence-electron chi connectivity index (χ4n) is 1.70. The number of amides is 2. The number of alkyl halides is 3. The second-order valence-corrected chi connectivity index (χ2v) is 8.85. The summed E-state index contributed by atoms with van der Waals surface area (Å²) < 4.78 is 12.7. The fraction of sp³-hybridized carbons (Fsp3) is 0.800. The topological polar surface area (TPSA) is 103 Å². The highest BCUT2D eigenvalue weighted by atomic mass is 35.6. The van der Waals surface area contributed by atoms with E-state index in [-0.39, 0.29) is 6.42 Å². The van der Waals surface area contributed by atoms with Crippen LogP contribution in [0.15, 0.2) is 0 Å². The van der Waals surface area contributed by atoms with E-state index in [2.05, 4.69) is 15.4 Å². The van der Waals surface area contributed by atoms with Crippen LogP contribution in [0, 0.1) is 0 Å². The van der Waals surface area contributed by atoms with Gasteiger partial charge in [-0.3, -0.25) is 0 Å². The molecule has 0 aromatic carbocycles.